The van der Waals surface area contributed by atoms with Gasteiger partial charge in [0.05, 0.1) is 5.75 Å². The van der Waals surface area contributed by atoms with E-state index in [1.165, 1.54) is 11.2 Å². The van der Waals surface area contributed by atoms with Crippen molar-refractivity contribution >= 4 is 15.7 Å². The van der Waals surface area contributed by atoms with Gasteiger partial charge in [-0.05, 0) is 31.8 Å². The van der Waals surface area contributed by atoms with Crippen molar-refractivity contribution in [1.29, 1.82) is 0 Å². The van der Waals surface area contributed by atoms with Crippen molar-refractivity contribution in [3.63, 3.8) is 0 Å². The molecule has 0 aromatic carbocycles. The van der Waals surface area contributed by atoms with E-state index in [-0.39, 0.29) is 18.2 Å². The SMILES string of the molecule is CN(CCS(C)(=O)=O)C(=O)CC1CCCNC1. The lowest BCUT2D eigenvalue weighted by Gasteiger charge is -2.24. The topological polar surface area (TPSA) is 66.5 Å². The molecule has 1 atom stereocenters. The molecule has 1 heterocycles. The van der Waals surface area contributed by atoms with Gasteiger partial charge in [-0.15, -0.1) is 0 Å². The molecule has 0 aliphatic carbocycles. The molecule has 17 heavy (non-hydrogen) atoms. The van der Waals surface area contributed by atoms with Gasteiger partial charge in [0.25, 0.3) is 0 Å². The number of nitrogens with zero attached hydrogens (tertiary/aromatic N) is 1. The maximum Gasteiger partial charge on any atom is 0.222 e. The quantitative estimate of drug-likeness (QED) is 0.750. The summed E-state index contributed by atoms with van der Waals surface area (Å²) in [5, 5.41) is 3.27. The van der Waals surface area contributed by atoms with Gasteiger partial charge in [-0.2, -0.15) is 0 Å². The normalized spacial score (nSPS) is 21.2. The third-order valence-corrected chi connectivity index (χ3v) is 4.01. The van der Waals surface area contributed by atoms with Crippen LogP contribution < -0.4 is 5.32 Å². The fraction of sp³-hybridized carbons (Fsp3) is 0.909. The molecule has 0 aromatic heterocycles. The van der Waals surface area contributed by atoms with Gasteiger partial charge >= 0.3 is 0 Å². The first-order chi connectivity index (χ1) is 7.88. The van der Waals surface area contributed by atoms with Gasteiger partial charge in [0.1, 0.15) is 9.84 Å². The minimum Gasteiger partial charge on any atom is -0.345 e. The molecular weight excluding hydrogens is 240 g/mol. The zero-order valence-corrected chi connectivity index (χ0v) is 11.4. The number of amides is 1. The summed E-state index contributed by atoms with van der Waals surface area (Å²) in [7, 11) is -1.32. The number of piperidine rings is 1. The second-order valence-corrected chi connectivity index (χ2v) is 7.12. The molecule has 1 aliphatic rings. The van der Waals surface area contributed by atoms with Crippen LogP contribution in [0.25, 0.3) is 0 Å². The van der Waals surface area contributed by atoms with Crippen LogP contribution in [-0.4, -0.2) is 57.9 Å². The predicted molar refractivity (Wildman–Crippen MR) is 67.6 cm³/mol. The molecule has 1 rings (SSSR count). The first-order valence-corrected chi connectivity index (χ1v) is 8.07. The second-order valence-electron chi connectivity index (χ2n) is 4.86. The summed E-state index contributed by atoms with van der Waals surface area (Å²) < 4.78 is 22.0. The first kappa shape index (κ1) is 14.4. The summed E-state index contributed by atoms with van der Waals surface area (Å²) in [6.45, 7) is 2.22. The van der Waals surface area contributed by atoms with Crippen LogP contribution >= 0.6 is 0 Å². The molecule has 1 unspecified atom stereocenters. The maximum atomic E-state index is 11.8. The second kappa shape index (κ2) is 6.35. The predicted octanol–water partition coefficient (Wildman–Crippen LogP) is -0.121. The van der Waals surface area contributed by atoms with Crippen molar-refractivity contribution < 1.29 is 13.2 Å². The Hall–Kier alpha value is -0.620. The Morgan fingerprint density at radius 1 is 1.47 bits per heavy atom. The van der Waals surface area contributed by atoms with E-state index in [0.29, 0.717) is 12.3 Å². The van der Waals surface area contributed by atoms with Crippen LogP contribution in [0, 0.1) is 5.92 Å². The molecule has 1 N–H and O–H groups in total. The Kier molecular flexibility index (Phi) is 5.39. The van der Waals surface area contributed by atoms with Gasteiger partial charge in [-0.1, -0.05) is 0 Å². The smallest absolute Gasteiger partial charge is 0.222 e. The zero-order chi connectivity index (χ0) is 12.9. The van der Waals surface area contributed by atoms with Crippen LogP contribution in [0.4, 0.5) is 0 Å². The fourth-order valence-corrected chi connectivity index (χ4v) is 2.53. The van der Waals surface area contributed by atoms with Gasteiger partial charge in [-0.25, -0.2) is 8.42 Å². The number of hydrogen-bond donors (Lipinski definition) is 1. The molecule has 1 amide bonds. The highest BCUT2D eigenvalue weighted by atomic mass is 32.2. The molecule has 1 aliphatic heterocycles. The minimum absolute atomic E-state index is 0.0398. The lowest BCUT2D eigenvalue weighted by atomic mass is 9.96. The Morgan fingerprint density at radius 2 is 2.18 bits per heavy atom. The molecule has 100 valence electrons. The Morgan fingerprint density at radius 3 is 2.71 bits per heavy atom. The summed E-state index contributed by atoms with van der Waals surface area (Å²) >= 11 is 0. The number of rotatable bonds is 5. The number of carbonyl (C=O) groups excluding carboxylic acids is 1. The number of carbonyl (C=O) groups is 1. The monoisotopic (exact) mass is 262 g/mol. The van der Waals surface area contributed by atoms with E-state index in [0.717, 1.165) is 25.9 Å². The number of nitrogens with one attached hydrogen (secondary N) is 1. The van der Waals surface area contributed by atoms with E-state index in [1.807, 2.05) is 0 Å². The standard InChI is InChI=1S/C11H22N2O3S/c1-13(6-7-17(2,15)16)11(14)8-10-4-3-5-12-9-10/h10,12H,3-9H2,1-2H3. The highest BCUT2D eigenvalue weighted by Gasteiger charge is 2.19. The highest BCUT2D eigenvalue weighted by molar-refractivity contribution is 7.90. The summed E-state index contributed by atoms with van der Waals surface area (Å²) in [5.74, 6) is 0.484. The van der Waals surface area contributed by atoms with E-state index in [2.05, 4.69) is 5.32 Å². The van der Waals surface area contributed by atoms with Crippen LogP contribution in [0.1, 0.15) is 19.3 Å². The molecule has 0 bridgehead atoms. The van der Waals surface area contributed by atoms with E-state index in [4.69, 9.17) is 0 Å². The van der Waals surface area contributed by atoms with Crippen molar-refractivity contribution in [1.82, 2.24) is 10.2 Å². The molecule has 6 heteroatoms. The number of hydrogen-bond acceptors (Lipinski definition) is 4. The molecule has 1 fully saturated rings. The average Bonchev–Trinajstić information content (AvgIpc) is 2.26. The summed E-state index contributed by atoms with van der Waals surface area (Å²) in [5.41, 5.74) is 0. The van der Waals surface area contributed by atoms with Crippen molar-refractivity contribution in [2.75, 3.05) is 38.7 Å². The molecule has 1 saturated heterocycles. The van der Waals surface area contributed by atoms with Crippen molar-refractivity contribution in [3.8, 4) is 0 Å². The van der Waals surface area contributed by atoms with Gasteiger partial charge < -0.3 is 10.2 Å². The van der Waals surface area contributed by atoms with Crippen molar-refractivity contribution in [2.24, 2.45) is 5.92 Å². The van der Waals surface area contributed by atoms with Crippen LogP contribution in [0.15, 0.2) is 0 Å². The molecule has 0 aromatic rings. The summed E-state index contributed by atoms with van der Waals surface area (Å²) in [6, 6.07) is 0. The van der Waals surface area contributed by atoms with E-state index < -0.39 is 9.84 Å². The third kappa shape index (κ3) is 6.02. The van der Waals surface area contributed by atoms with Crippen LogP contribution in [0.5, 0.6) is 0 Å². The van der Waals surface area contributed by atoms with E-state index >= 15 is 0 Å². The van der Waals surface area contributed by atoms with Crippen LogP contribution in [0.3, 0.4) is 0 Å². The Bertz CT molecular complexity index is 348. The van der Waals surface area contributed by atoms with Gasteiger partial charge in [0, 0.05) is 26.3 Å². The molecule has 5 nitrogen and oxygen atoms in total. The van der Waals surface area contributed by atoms with E-state index in [9.17, 15) is 13.2 Å². The van der Waals surface area contributed by atoms with E-state index in [1.54, 1.807) is 7.05 Å². The Balaban J connectivity index is 2.30. The van der Waals surface area contributed by atoms with Crippen molar-refractivity contribution in [3.05, 3.63) is 0 Å². The first-order valence-electron chi connectivity index (χ1n) is 6.01. The van der Waals surface area contributed by atoms with Crippen LogP contribution in [-0.2, 0) is 14.6 Å². The minimum atomic E-state index is -2.99. The van der Waals surface area contributed by atoms with Crippen molar-refractivity contribution in [2.45, 2.75) is 19.3 Å². The highest BCUT2D eigenvalue weighted by Crippen LogP contribution is 2.14. The summed E-state index contributed by atoms with van der Waals surface area (Å²) in [4.78, 5) is 13.4. The summed E-state index contributed by atoms with van der Waals surface area (Å²) in [6.07, 6.45) is 3.91. The average molecular weight is 262 g/mol. The molecule has 0 radical (unpaired) electrons. The molecule has 0 saturated carbocycles. The number of sulfone groups is 1. The third-order valence-electron chi connectivity index (χ3n) is 3.09. The maximum absolute atomic E-state index is 11.8. The largest absolute Gasteiger partial charge is 0.345 e. The van der Waals surface area contributed by atoms with Gasteiger partial charge in [0.2, 0.25) is 5.91 Å². The zero-order valence-electron chi connectivity index (χ0n) is 10.6. The fourth-order valence-electron chi connectivity index (χ4n) is 1.93. The lowest BCUT2D eigenvalue weighted by molar-refractivity contribution is -0.130. The molecule has 0 spiro atoms. The lowest BCUT2D eigenvalue weighted by Crippen LogP contribution is -2.36. The van der Waals surface area contributed by atoms with Gasteiger partial charge in [0.15, 0.2) is 0 Å². The molecular formula is C11H22N2O3S. The van der Waals surface area contributed by atoms with Gasteiger partial charge in [-0.3, -0.25) is 4.79 Å². The Labute approximate surface area is 103 Å². The van der Waals surface area contributed by atoms with Crippen LogP contribution in [0.2, 0.25) is 0 Å².